The quantitative estimate of drug-likeness (QED) is 0.455. The van der Waals surface area contributed by atoms with E-state index in [9.17, 15) is 4.79 Å². The Morgan fingerprint density at radius 3 is 2.81 bits per heavy atom. The lowest BCUT2D eigenvalue weighted by Crippen LogP contribution is -2.28. The van der Waals surface area contributed by atoms with Gasteiger partial charge in [0.05, 0.1) is 5.75 Å². The van der Waals surface area contributed by atoms with Crippen LogP contribution in [-0.4, -0.2) is 38.1 Å². The third kappa shape index (κ3) is 4.01. The number of hydrogen-bond donors (Lipinski definition) is 3. The molecule has 2 heterocycles. The van der Waals surface area contributed by atoms with Crippen LogP contribution in [0.1, 0.15) is 32.2 Å². The molecule has 0 aliphatic rings. The van der Waals surface area contributed by atoms with Gasteiger partial charge in [0.25, 0.3) is 0 Å². The van der Waals surface area contributed by atoms with Crippen molar-refractivity contribution in [2.24, 2.45) is 0 Å². The van der Waals surface area contributed by atoms with E-state index in [0.717, 1.165) is 11.9 Å². The third-order valence-electron chi connectivity index (χ3n) is 4.06. The summed E-state index contributed by atoms with van der Waals surface area (Å²) < 4.78 is 1.46. The van der Waals surface area contributed by atoms with Gasteiger partial charge in [-0.05, 0) is 18.1 Å². The molecule has 3 aromatic rings. The molecule has 0 bridgehead atoms. The number of carbonyl (C=O) groups excluding carboxylic acids is 1. The molecule has 0 spiro atoms. The zero-order valence-electron chi connectivity index (χ0n) is 15.2. The maximum absolute atomic E-state index is 12.1. The Hall–Kier alpha value is -2.48. The highest BCUT2D eigenvalue weighted by atomic mass is 32.2. The number of aromatic amines is 1. The smallest absolute Gasteiger partial charge is 0.230 e. The number of amides is 1. The highest BCUT2D eigenvalue weighted by molar-refractivity contribution is 7.99. The molecule has 7 nitrogen and oxygen atoms in total. The van der Waals surface area contributed by atoms with Gasteiger partial charge in [-0.15, -0.1) is 10.2 Å². The van der Waals surface area contributed by atoms with Gasteiger partial charge >= 0.3 is 0 Å². The molecule has 0 atom stereocenters. The van der Waals surface area contributed by atoms with Crippen molar-refractivity contribution in [2.45, 2.75) is 37.8 Å². The fourth-order valence-corrected chi connectivity index (χ4v) is 3.43. The second-order valence-corrected chi connectivity index (χ2v) is 8.12. The minimum absolute atomic E-state index is 0.0462. The van der Waals surface area contributed by atoms with E-state index in [4.69, 9.17) is 5.84 Å². The number of carbonyl (C=O) groups is 1. The predicted octanol–water partition coefficient (Wildman–Crippen LogP) is 2.22. The standard InChI is InChI=1S/C18H24N6OS/c1-18(2,3)16-22-23-17(24(16)19)26-11-15(25)20-9-8-12-10-21-14-7-5-4-6-13(12)14/h4-7,10,21H,8-9,11,19H2,1-3H3,(H,20,25). The molecule has 26 heavy (non-hydrogen) atoms. The van der Waals surface area contributed by atoms with Gasteiger partial charge in [-0.1, -0.05) is 50.7 Å². The van der Waals surface area contributed by atoms with Crippen LogP contribution in [0.25, 0.3) is 10.9 Å². The number of nitrogens with two attached hydrogens (primary N) is 1. The summed E-state index contributed by atoms with van der Waals surface area (Å²) in [6.07, 6.45) is 2.78. The zero-order chi connectivity index (χ0) is 18.7. The fourth-order valence-electron chi connectivity index (χ4n) is 2.74. The number of fused-ring (bicyclic) bond motifs is 1. The maximum atomic E-state index is 12.1. The van der Waals surface area contributed by atoms with Crippen LogP contribution in [0.3, 0.4) is 0 Å². The number of nitrogens with zero attached hydrogens (tertiary/aromatic N) is 3. The Morgan fingerprint density at radius 2 is 2.08 bits per heavy atom. The molecule has 0 unspecified atom stereocenters. The predicted molar refractivity (Wildman–Crippen MR) is 105 cm³/mol. The first-order valence-corrected chi connectivity index (χ1v) is 9.50. The Labute approximate surface area is 156 Å². The van der Waals surface area contributed by atoms with E-state index in [-0.39, 0.29) is 17.1 Å². The molecule has 0 fully saturated rings. The normalized spacial score (nSPS) is 11.8. The maximum Gasteiger partial charge on any atom is 0.230 e. The number of rotatable bonds is 6. The first-order chi connectivity index (χ1) is 12.4. The lowest BCUT2D eigenvalue weighted by molar-refractivity contribution is -0.118. The van der Waals surface area contributed by atoms with E-state index in [2.05, 4.69) is 26.6 Å². The number of H-pyrrole nitrogens is 1. The second kappa shape index (κ2) is 7.41. The SMILES string of the molecule is CC(C)(C)c1nnc(SCC(=O)NCCc2c[nH]c3ccccc23)n1N. The highest BCUT2D eigenvalue weighted by Crippen LogP contribution is 2.23. The summed E-state index contributed by atoms with van der Waals surface area (Å²) in [5.41, 5.74) is 2.12. The minimum Gasteiger partial charge on any atom is -0.361 e. The van der Waals surface area contributed by atoms with Crippen LogP contribution in [-0.2, 0) is 16.6 Å². The van der Waals surface area contributed by atoms with Crippen LogP contribution < -0.4 is 11.2 Å². The number of hydrogen-bond acceptors (Lipinski definition) is 5. The molecule has 138 valence electrons. The largest absolute Gasteiger partial charge is 0.361 e. The molecule has 2 aromatic heterocycles. The number of nitrogen functional groups attached to an aromatic ring is 1. The van der Waals surface area contributed by atoms with E-state index in [0.29, 0.717) is 17.5 Å². The van der Waals surface area contributed by atoms with Crippen molar-refractivity contribution in [1.29, 1.82) is 0 Å². The Balaban J connectivity index is 1.48. The van der Waals surface area contributed by atoms with E-state index < -0.39 is 0 Å². The van der Waals surface area contributed by atoms with E-state index in [1.54, 1.807) is 0 Å². The van der Waals surface area contributed by atoms with Crippen LogP contribution in [0.15, 0.2) is 35.6 Å². The summed E-state index contributed by atoms with van der Waals surface area (Å²) >= 11 is 1.29. The molecule has 0 saturated heterocycles. The first-order valence-electron chi connectivity index (χ1n) is 8.51. The average Bonchev–Trinajstić information content (AvgIpc) is 3.16. The van der Waals surface area contributed by atoms with Crippen molar-refractivity contribution in [2.75, 3.05) is 18.1 Å². The molecular weight excluding hydrogens is 348 g/mol. The number of nitrogens with one attached hydrogen (secondary N) is 2. The van der Waals surface area contributed by atoms with Gasteiger partial charge in [-0.25, -0.2) is 4.68 Å². The number of thioether (sulfide) groups is 1. The van der Waals surface area contributed by atoms with Crippen molar-refractivity contribution in [3.05, 3.63) is 41.9 Å². The van der Waals surface area contributed by atoms with Crippen molar-refractivity contribution in [3.63, 3.8) is 0 Å². The van der Waals surface area contributed by atoms with Crippen LogP contribution in [0.2, 0.25) is 0 Å². The molecule has 0 saturated carbocycles. The minimum atomic E-state index is -0.192. The van der Waals surface area contributed by atoms with Crippen molar-refractivity contribution in [3.8, 4) is 0 Å². The Morgan fingerprint density at radius 1 is 1.31 bits per heavy atom. The molecule has 4 N–H and O–H groups in total. The average molecular weight is 372 g/mol. The molecule has 0 radical (unpaired) electrons. The lowest BCUT2D eigenvalue weighted by Gasteiger charge is -2.16. The molecule has 1 amide bonds. The van der Waals surface area contributed by atoms with Gasteiger partial charge < -0.3 is 16.1 Å². The van der Waals surface area contributed by atoms with Gasteiger partial charge in [0.15, 0.2) is 5.82 Å². The fraction of sp³-hybridized carbons (Fsp3) is 0.389. The number of aromatic nitrogens is 4. The summed E-state index contributed by atoms with van der Waals surface area (Å²) in [6, 6.07) is 8.15. The molecule has 0 aliphatic heterocycles. The summed E-state index contributed by atoms with van der Waals surface area (Å²) in [5, 5.41) is 12.9. The zero-order valence-corrected chi connectivity index (χ0v) is 16.1. The van der Waals surface area contributed by atoms with Gasteiger partial charge in [0.2, 0.25) is 11.1 Å². The van der Waals surface area contributed by atoms with Crippen LogP contribution >= 0.6 is 11.8 Å². The number of benzene rings is 1. The van der Waals surface area contributed by atoms with Crippen molar-refractivity contribution >= 4 is 28.6 Å². The van der Waals surface area contributed by atoms with Crippen LogP contribution in [0.4, 0.5) is 0 Å². The van der Waals surface area contributed by atoms with Crippen molar-refractivity contribution in [1.82, 2.24) is 25.2 Å². The van der Waals surface area contributed by atoms with Crippen LogP contribution in [0, 0.1) is 0 Å². The summed E-state index contributed by atoms with van der Waals surface area (Å²) in [5.74, 6) is 6.93. The van der Waals surface area contributed by atoms with Gasteiger partial charge in [0.1, 0.15) is 0 Å². The van der Waals surface area contributed by atoms with Crippen LogP contribution in [0.5, 0.6) is 0 Å². The molecular formula is C18H24N6OS. The van der Waals surface area contributed by atoms with Crippen molar-refractivity contribution < 1.29 is 4.79 Å². The molecule has 3 rings (SSSR count). The summed E-state index contributed by atoms with van der Waals surface area (Å²) in [6.45, 7) is 6.65. The van der Waals surface area contributed by atoms with E-state index in [1.807, 2.05) is 45.2 Å². The summed E-state index contributed by atoms with van der Waals surface area (Å²) in [7, 11) is 0. The Kier molecular flexibility index (Phi) is 5.22. The lowest BCUT2D eigenvalue weighted by atomic mass is 9.96. The molecule has 0 aliphatic carbocycles. The van der Waals surface area contributed by atoms with Gasteiger partial charge in [-0.3, -0.25) is 4.79 Å². The summed E-state index contributed by atoms with van der Waals surface area (Å²) in [4.78, 5) is 15.3. The molecule has 1 aromatic carbocycles. The number of para-hydroxylation sites is 1. The first kappa shape index (κ1) is 18.3. The topological polar surface area (TPSA) is 102 Å². The highest BCUT2D eigenvalue weighted by Gasteiger charge is 2.23. The second-order valence-electron chi connectivity index (χ2n) is 7.17. The van der Waals surface area contributed by atoms with Gasteiger partial charge in [-0.2, -0.15) is 0 Å². The molecule has 8 heteroatoms. The Bertz CT molecular complexity index is 908. The third-order valence-corrected chi connectivity index (χ3v) is 5.00. The van der Waals surface area contributed by atoms with E-state index >= 15 is 0 Å². The monoisotopic (exact) mass is 372 g/mol. The van der Waals surface area contributed by atoms with E-state index in [1.165, 1.54) is 27.4 Å². The van der Waals surface area contributed by atoms with Gasteiger partial charge in [0, 0.05) is 29.1 Å².